The molecule has 0 aliphatic heterocycles. The number of halogens is 1. The van der Waals surface area contributed by atoms with Crippen molar-refractivity contribution >= 4 is 54.9 Å². The summed E-state index contributed by atoms with van der Waals surface area (Å²) >= 11 is 8.82. The third-order valence-electron chi connectivity index (χ3n) is 3.51. The van der Waals surface area contributed by atoms with Crippen molar-refractivity contribution in [2.24, 2.45) is 4.40 Å². The molecule has 130 valence electrons. The molecular weight excluding hydrogens is 396 g/mol. The molecule has 0 fully saturated rings. The van der Waals surface area contributed by atoms with Crippen LogP contribution in [0.15, 0.2) is 69.3 Å². The van der Waals surface area contributed by atoms with Crippen LogP contribution in [0.4, 0.5) is 0 Å². The van der Waals surface area contributed by atoms with Crippen LogP contribution in [-0.4, -0.2) is 19.2 Å². The van der Waals surface area contributed by atoms with Gasteiger partial charge in [0.1, 0.15) is 0 Å². The lowest BCUT2D eigenvalue weighted by Crippen LogP contribution is -2.16. The molecule has 0 aliphatic rings. The van der Waals surface area contributed by atoms with Crippen molar-refractivity contribution in [3.8, 4) is 0 Å². The predicted octanol–water partition coefficient (Wildman–Crippen LogP) is 4.55. The Bertz CT molecular complexity index is 1100. The van der Waals surface area contributed by atoms with Gasteiger partial charge in [-0.25, -0.2) is 0 Å². The van der Waals surface area contributed by atoms with Crippen LogP contribution in [0.5, 0.6) is 0 Å². The zero-order valence-corrected chi connectivity index (χ0v) is 16.6. The van der Waals surface area contributed by atoms with Crippen LogP contribution in [0.3, 0.4) is 0 Å². The van der Waals surface area contributed by atoms with Crippen LogP contribution >= 0.6 is 34.7 Å². The van der Waals surface area contributed by atoms with Gasteiger partial charge in [0, 0.05) is 16.5 Å². The summed E-state index contributed by atoms with van der Waals surface area (Å²) in [6, 6.07) is 12.0. The van der Waals surface area contributed by atoms with E-state index in [1.54, 1.807) is 17.8 Å². The normalized spacial score (nSPS) is 12.6. The summed E-state index contributed by atoms with van der Waals surface area (Å²) in [5.41, 5.74) is 0.938. The topological polar surface area (TPSA) is 51.4 Å². The summed E-state index contributed by atoms with van der Waals surface area (Å²) in [6.45, 7) is 4.24. The molecule has 0 spiro atoms. The number of fused-ring (bicyclic) bond motifs is 1. The highest BCUT2D eigenvalue weighted by atomic mass is 35.5. The fourth-order valence-electron chi connectivity index (χ4n) is 2.32. The van der Waals surface area contributed by atoms with Crippen molar-refractivity contribution in [1.29, 1.82) is 0 Å². The highest BCUT2D eigenvalue weighted by molar-refractivity contribution is 7.98. The Morgan fingerprint density at radius 3 is 2.64 bits per heavy atom. The smallest absolute Gasteiger partial charge is 0.285 e. The molecule has 4 nitrogen and oxygen atoms in total. The number of allylic oxidation sites excluding steroid dienone is 1. The lowest BCUT2D eigenvalue weighted by atomic mass is 10.3. The SMILES string of the molecule is C=CCn1/c(=N/S(=O)(=O)c2ccc(Cl)cc2)sc2cc(SC)ccc21. The van der Waals surface area contributed by atoms with Gasteiger partial charge in [-0.05, 0) is 48.7 Å². The highest BCUT2D eigenvalue weighted by Crippen LogP contribution is 2.24. The molecule has 25 heavy (non-hydrogen) atoms. The maximum Gasteiger partial charge on any atom is 0.285 e. The molecule has 3 aromatic rings. The first-order valence-electron chi connectivity index (χ1n) is 7.29. The van der Waals surface area contributed by atoms with Gasteiger partial charge in [0.15, 0.2) is 0 Å². The standard InChI is InChI=1S/C17H15ClN2O2S3/c1-3-10-20-15-9-6-13(23-2)11-16(15)24-17(20)19-25(21,22)14-7-4-12(18)5-8-14/h3-9,11H,1,10H2,2H3/b19-17-. The second-order valence-electron chi connectivity index (χ2n) is 5.14. The first-order chi connectivity index (χ1) is 11.9. The summed E-state index contributed by atoms with van der Waals surface area (Å²) in [6.07, 6.45) is 3.73. The van der Waals surface area contributed by atoms with Crippen LogP contribution in [0.25, 0.3) is 10.2 Å². The molecule has 0 atom stereocenters. The van der Waals surface area contributed by atoms with Crippen LogP contribution < -0.4 is 4.80 Å². The number of benzene rings is 2. The van der Waals surface area contributed by atoms with Crippen molar-refractivity contribution in [3.63, 3.8) is 0 Å². The van der Waals surface area contributed by atoms with Gasteiger partial charge in [-0.3, -0.25) is 0 Å². The Kier molecular flexibility index (Phi) is 5.38. The maximum absolute atomic E-state index is 12.6. The van der Waals surface area contributed by atoms with Crippen molar-refractivity contribution in [2.45, 2.75) is 16.3 Å². The Hall–Kier alpha value is -1.54. The van der Waals surface area contributed by atoms with E-state index >= 15 is 0 Å². The molecule has 0 aliphatic carbocycles. The van der Waals surface area contributed by atoms with E-state index in [0.717, 1.165) is 15.1 Å². The molecule has 0 saturated carbocycles. The maximum atomic E-state index is 12.6. The first-order valence-corrected chi connectivity index (χ1v) is 11.2. The average molecular weight is 411 g/mol. The quantitative estimate of drug-likeness (QED) is 0.457. The molecule has 1 aromatic heterocycles. The van der Waals surface area contributed by atoms with Crippen molar-refractivity contribution in [3.05, 3.63) is 64.9 Å². The van der Waals surface area contributed by atoms with Crippen molar-refractivity contribution in [1.82, 2.24) is 4.57 Å². The minimum Gasteiger partial charge on any atom is -0.312 e. The van der Waals surface area contributed by atoms with Gasteiger partial charge in [0.25, 0.3) is 10.0 Å². The lowest BCUT2D eigenvalue weighted by Gasteiger charge is -2.02. The minimum atomic E-state index is -3.82. The summed E-state index contributed by atoms with van der Waals surface area (Å²) < 4.78 is 32.1. The summed E-state index contributed by atoms with van der Waals surface area (Å²) in [5, 5.41) is 0.479. The number of hydrogen-bond acceptors (Lipinski definition) is 4. The molecule has 8 heteroatoms. The van der Waals surface area contributed by atoms with E-state index in [0.29, 0.717) is 16.4 Å². The summed E-state index contributed by atoms with van der Waals surface area (Å²) in [5.74, 6) is 0. The van der Waals surface area contributed by atoms with Gasteiger partial charge in [-0.15, -0.1) is 22.7 Å². The number of sulfonamides is 1. The van der Waals surface area contributed by atoms with E-state index < -0.39 is 10.0 Å². The van der Waals surface area contributed by atoms with E-state index in [1.165, 1.54) is 35.6 Å². The third kappa shape index (κ3) is 3.84. The molecule has 3 rings (SSSR count). The van der Waals surface area contributed by atoms with Gasteiger partial charge >= 0.3 is 0 Å². The van der Waals surface area contributed by atoms with Crippen LogP contribution in [0, 0.1) is 0 Å². The molecule has 0 saturated heterocycles. The van der Waals surface area contributed by atoms with Gasteiger partial charge in [0.2, 0.25) is 4.80 Å². The lowest BCUT2D eigenvalue weighted by molar-refractivity contribution is 0.596. The molecule has 2 aromatic carbocycles. The largest absolute Gasteiger partial charge is 0.312 e. The number of aromatic nitrogens is 1. The van der Waals surface area contributed by atoms with E-state index in [2.05, 4.69) is 11.0 Å². The fraction of sp³-hybridized carbons (Fsp3) is 0.118. The van der Waals surface area contributed by atoms with Gasteiger partial charge < -0.3 is 4.57 Å². The molecule has 0 bridgehead atoms. The summed E-state index contributed by atoms with van der Waals surface area (Å²) in [7, 11) is -3.82. The number of thioether (sulfide) groups is 1. The van der Waals surface area contributed by atoms with E-state index in [9.17, 15) is 8.42 Å². The Morgan fingerprint density at radius 2 is 2.00 bits per heavy atom. The molecule has 0 unspecified atom stereocenters. The molecule has 0 N–H and O–H groups in total. The second-order valence-corrected chi connectivity index (χ2v) is 9.07. The molecule has 1 heterocycles. The third-order valence-corrected chi connectivity index (χ3v) is 6.93. The number of thiazole rings is 1. The number of nitrogens with zero attached hydrogens (tertiary/aromatic N) is 2. The van der Waals surface area contributed by atoms with E-state index in [4.69, 9.17) is 11.6 Å². The van der Waals surface area contributed by atoms with Gasteiger partial charge in [-0.2, -0.15) is 8.42 Å². The van der Waals surface area contributed by atoms with Crippen LogP contribution in [0.1, 0.15) is 0 Å². The van der Waals surface area contributed by atoms with Crippen molar-refractivity contribution < 1.29 is 8.42 Å². The fourth-order valence-corrected chi connectivity index (χ4v) is 5.24. The van der Waals surface area contributed by atoms with Gasteiger partial charge in [-0.1, -0.05) is 29.0 Å². The molecular formula is C17H15ClN2O2S3. The highest BCUT2D eigenvalue weighted by Gasteiger charge is 2.14. The van der Waals surface area contributed by atoms with Gasteiger partial charge in [0.05, 0.1) is 15.1 Å². The van der Waals surface area contributed by atoms with Crippen molar-refractivity contribution in [2.75, 3.05) is 6.26 Å². The molecule has 0 radical (unpaired) electrons. The Balaban J connectivity index is 2.22. The number of hydrogen-bond donors (Lipinski definition) is 0. The van der Waals surface area contributed by atoms with E-state index in [1.807, 2.05) is 29.0 Å². The minimum absolute atomic E-state index is 0.115. The zero-order valence-electron chi connectivity index (χ0n) is 13.3. The Labute approximate surface area is 159 Å². The Morgan fingerprint density at radius 1 is 1.28 bits per heavy atom. The average Bonchev–Trinajstić information content (AvgIpc) is 2.91. The molecule has 0 amide bonds. The monoisotopic (exact) mass is 410 g/mol. The second kappa shape index (κ2) is 7.37. The van der Waals surface area contributed by atoms with E-state index in [-0.39, 0.29) is 4.90 Å². The number of rotatable bonds is 5. The summed E-state index contributed by atoms with van der Waals surface area (Å²) in [4.78, 5) is 1.65. The first kappa shape index (κ1) is 18.3. The van der Waals surface area contributed by atoms with Crippen LogP contribution in [0.2, 0.25) is 5.02 Å². The van der Waals surface area contributed by atoms with Crippen LogP contribution in [-0.2, 0) is 16.6 Å². The predicted molar refractivity (Wildman–Crippen MR) is 106 cm³/mol. The zero-order chi connectivity index (χ0) is 18.0.